The quantitative estimate of drug-likeness (QED) is 0.705. The normalized spacial score (nSPS) is 10.8. The maximum absolute atomic E-state index is 10.8. The second kappa shape index (κ2) is 5.47. The van der Waals surface area contributed by atoms with Crippen LogP contribution in [-0.4, -0.2) is 30.4 Å². The summed E-state index contributed by atoms with van der Waals surface area (Å²) in [7, 11) is 0. The van der Waals surface area contributed by atoms with Crippen molar-refractivity contribution >= 4 is 12.1 Å². The van der Waals surface area contributed by atoms with Gasteiger partial charge in [0, 0.05) is 0 Å². The molecule has 0 aromatic carbocycles. The number of aliphatic carboxylic acids is 1. The summed E-state index contributed by atoms with van der Waals surface area (Å²) < 4.78 is 9.24. The van der Waals surface area contributed by atoms with Crippen molar-refractivity contribution in [2.45, 2.75) is 27.2 Å². The average molecular weight is 204 g/mol. The van der Waals surface area contributed by atoms with Crippen molar-refractivity contribution in [3.8, 4) is 0 Å². The van der Waals surface area contributed by atoms with Gasteiger partial charge >= 0.3 is 12.1 Å². The van der Waals surface area contributed by atoms with Gasteiger partial charge in [0.15, 0.2) is 0 Å². The van der Waals surface area contributed by atoms with Crippen LogP contribution >= 0.6 is 0 Å². The van der Waals surface area contributed by atoms with Crippen LogP contribution in [0.3, 0.4) is 0 Å². The van der Waals surface area contributed by atoms with Crippen LogP contribution in [0.15, 0.2) is 0 Å². The van der Waals surface area contributed by atoms with Crippen molar-refractivity contribution < 1.29 is 24.2 Å². The topological polar surface area (TPSA) is 72.8 Å². The number of ether oxygens (including phenoxy) is 2. The van der Waals surface area contributed by atoms with Crippen molar-refractivity contribution in [1.29, 1.82) is 0 Å². The third-order valence-corrected chi connectivity index (χ3v) is 1.16. The van der Waals surface area contributed by atoms with Crippen molar-refractivity contribution in [2.75, 3.05) is 13.2 Å². The second-order valence-electron chi connectivity index (χ2n) is 4.09. The first-order valence-electron chi connectivity index (χ1n) is 4.32. The van der Waals surface area contributed by atoms with E-state index in [1.54, 1.807) is 0 Å². The third kappa shape index (κ3) is 8.83. The fraction of sp³-hybridized carbons (Fsp3) is 0.778. The number of hydrogen-bond donors (Lipinski definition) is 1. The van der Waals surface area contributed by atoms with E-state index in [1.807, 2.05) is 20.8 Å². The Hall–Kier alpha value is -1.26. The van der Waals surface area contributed by atoms with E-state index in [2.05, 4.69) is 4.74 Å². The lowest BCUT2D eigenvalue weighted by atomic mass is 9.99. The summed E-state index contributed by atoms with van der Waals surface area (Å²) in [5, 5.41) is 8.25. The highest BCUT2D eigenvalue weighted by molar-refractivity contribution is 5.67. The van der Waals surface area contributed by atoms with Crippen molar-refractivity contribution in [3.05, 3.63) is 0 Å². The molecular formula is C9H16O5. The highest BCUT2D eigenvalue weighted by Crippen LogP contribution is 2.13. The van der Waals surface area contributed by atoms with Gasteiger partial charge in [-0.05, 0) is 5.41 Å². The van der Waals surface area contributed by atoms with E-state index in [0.717, 1.165) is 0 Å². The molecule has 5 nitrogen and oxygen atoms in total. The molecule has 0 unspecified atom stereocenters. The van der Waals surface area contributed by atoms with Gasteiger partial charge < -0.3 is 14.6 Å². The largest absolute Gasteiger partial charge is 0.508 e. The van der Waals surface area contributed by atoms with E-state index in [9.17, 15) is 9.59 Å². The lowest BCUT2D eigenvalue weighted by Gasteiger charge is -2.17. The number of rotatable bonds is 4. The van der Waals surface area contributed by atoms with E-state index < -0.39 is 12.1 Å². The summed E-state index contributed by atoms with van der Waals surface area (Å²) in [6.07, 6.45) is -1.02. The molecule has 0 atom stereocenters. The smallest absolute Gasteiger partial charge is 0.481 e. The second-order valence-corrected chi connectivity index (χ2v) is 4.09. The molecule has 1 N–H and O–H groups in total. The summed E-state index contributed by atoms with van der Waals surface area (Å²) >= 11 is 0. The molecule has 0 fully saturated rings. The highest BCUT2D eigenvalue weighted by atomic mass is 16.7. The summed E-state index contributed by atoms with van der Waals surface area (Å²) in [4.78, 5) is 20.9. The van der Waals surface area contributed by atoms with Gasteiger partial charge in [0.05, 0.1) is 13.0 Å². The van der Waals surface area contributed by atoms with Crippen LogP contribution in [0.4, 0.5) is 4.79 Å². The number of carbonyl (C=O) groups is 2. The highest BCUT2D eigenvalue weighted by Gasteiger charge is 2.14. The van der Waals surface area contributed by atoms with E-state index in [1.165, 1.54) is 0 Å². The van der Waals surface area contributed by atoms with Gasteiger partial charge in [-0.2, -0.15) is 0 Å². The van der Waals surface area contributed by atoms with Crippen LogP contribution in [0.1, 0.15) is 27.2 Å². The third-order valence-electron chi connectivity index (χ3n) is 1.16. The van der Waals surface area contributed by atoms with Gasteiger partial charge in [-0.25, -0.2) is 4.79 Å². The summed E-state index contributed by atoms with van der Waals surface area (Å²) in [6, 6.07) is 0. The molecule has 0 heterocycles. The van der Waals surface area contributed by atoms with Crippen LogP contribution < -0.4 is 0 Å². The summed E-state index contributed by atoms with van der Waals surface area (Å²) in [6.45, 7) is 5.84. The Morgan fingerprint density at radius 3 is 2.21 bits per heavy atom. The van der Waals surface area contributed by atoms with Crippen LogP contribution in [-0.2, 0) is 14.3 Å². The first-order chi connectivity index (χ1) is 6.31. The minimum Gasteiger partial charge on any atom is -0.481 e. The Labute approximate surface area is 83.0 Å². The molecule has 0 aliphatic heterocycles. The predicted molar refractivity (Wildman–Crippen MR) is 49.0 cm³/mol. The molecule has 0 bridgehead atoms. The maximum atomic E-state index is 10.8. The molecule has 0 amide bonds. The Balaban J connectivity index is 3.52. The van der Waals surface area contributed by atoms with Crippen LogP contribution in [0, 0.1) is 5.41 Å². The van der Waals surface area contributed by atoms with Gasteiger partial charge in [0.1, 0.15) is 6.61 Å². The molecule has 82 valence electrons. The van der Waals surface area contributed by atoms with E-state index in [4.69, 9.17) is 9.84 Å². The minimum absolute atomic E-state index is 0.119. The predicted octanol–water partition coefficient (Wildman–Crippen LogP) is 1.66. The van der Waals surface area contributed by atoms with Crippen molar-refractivity contribution in [2.24, 2.45) is 5.41 Å². The summed E-state index contributed by atoms with van der Waals surface area (Å²) in [5.41, 5.74) is -0.119. The number of hydrogen-bond acceptors (Lipinski definition) is 4. The van der Waals surface area contributed by atoms with Gasteiger partial charge in [-0.15, -0.1) is 0 Å². The zero-order valence-electron chi connectivity index (χ0n) is 8.70. The Bertz CT molecular complexity index is 204. The molecule has 0 aliphatic rings. The van der Waals surface area contributed by atoms with Gasteiger partial charge in [-0.1, -0.05) is 20.8 Å². The van der Waals surface area contributed by atoms with E-state index >= 15 is 0 Å². The molecule has 5 heteroatoms. The van der Waals surface area contributed by atoms with E-state index in [-0.39, 0.29) is 25.0 Å². The SMILES string of the molecule is CC(C)(C)COC(=O)OCCC(=O)O. The van der Waals surface area contributed by atoms with E-state index in [0.29, 0.717) is 0 Å². The molecule has 0 aromatic heterocycles. The lowest BCUT2D eigenvalue weighted by Crippen LogP contribution is -2.19. The molecule has 0 rings (SSSR count). The van der Waals surface area contributed by atoms with Crippen LogP contribution in [0.2, 0.25) is 0 Å². The zero-order valence-corrected chi connectivity index (χ0v) is 8.70. The maximum Gasteiger partial charge on any atom is 0.508 e. The zero-order chi connectivity index (χ0) is 11.2. The molecule has 0 aromatic rings. The number of carbonyl (C=O) groups excluding carboxylic acids is 1. The monoisotopic (exact) mass is 204 g/mol. The molecule has 0 saturated heterocycles. The first-order valence-corrected chi connectivity index (χ1v) is 4.32. The fourth-order valence-corrected chi connectivity index (χ4v) is 0.539. The van der Waals surface area contributed by atoms with Gasteiger partial charge in [0.25, 0.3) is 0 Å². The lowest BCUT2D eigenvalue weighted by molar-refractivity contribution is -0.137. The number of carboxylic acids is 1. The van der Waals surface area contributed by atoms with Crippen LogP contribution in [0.5, 0.6) is 0 Å². The Kier molecular flexibility index (Phi) is 4.97. The van der Waals surface area contributed by atoms with Crippen molar-refractivity contribution in [1.82, 2.24) is 0 Å². The average Bonchev–Trinajstić information content (AvgIpc) is 1.99. The minimum atomic E-state index is -1.01. The molecule has 0 radical (unpaired) electrons. The standard InChI is InChI=1S/C9H16O5/c1-9(2,3)6-14-8(12)13-5-4-7(10)11/h4-6H2,1-3H3,(H,10,11). The van der Waals surface area contributed by atoms with Gasteiger partial charge in [-0.3, -0.25) is 4.79 Å². The molecule has 0 saturated carbocycles. The molecule has 0 aliphatic carbocycles. The Morgan fingerprint density at radius 2 is 1.79 bits per heavy atom. The van der Waals surface area contributed by atoms with Crippen molar-refractivity contribution in [3.63, 3.8) is 0 Å². The molecule has 14 heavy (non-hydrogen) atoms. The molecular weight excluding hydrogens is 188 g/mol. The van der Waals surface area contributed by atoms with Crippen LogP contribution in [0.25, 0.3) is 0 Å². The number of carboxylic acid groups (broad SMARTS) is 1. The first kappa shape index (κ1) is 12.7. The summed E-state index contributed by atoms with van der Waals surface area (Å²) in [5.74, 6) is -1.01. The molecule has 0 spiro atoms. The van der Waals surface area contributed by atoms with Gasteiger partial charge in [0.2, 0.25) is 0 Å². The fourth-order valence-electron chi connectivity index (χ4n) is 0.539. The Morgan fingerprint density at radius 1 is 1.21 bits per heavy atom.